The summed E-state index contributed by atoms with van der Waals surface area (Å²) in [6, 6.07) is 16.6. The predicted molar refractivity (Wildman–Crippen MR) is 86.7 cm³/mol. The summed E-state index contributed by atoms with van der Waals surface area (Å²) in [5.41, 5.74) is 6.93. The summed E-state index contributed by atoms with van der Waals surface area (Å²) < 4.78 is 7.03. The van der Waals surface area contributed by atoms with Crippen LogP contribution in [0.2, 0.25) is 0 Å². The zero-order chi connectivity index (χ0) is 14.1. The molecule has 20 heavy (non-hydrogen) atoms. The van der Waals surface area contributed by atoms with Crippen molar-refractivity contribution in [2.75, 3.05) is 0 Å². The van der Waals surface area contributed by atoms with Crippen LogP contribution in [0.5, 0.6) is 0 Å². The number of hydrogen-bond donors (Lipinski definition) is 1. The lowest BCUT2D eigenvalue weighted by Gasteiger charge is -2.06. The molecule has 0 amide bonds. The summed E-state index contributed by atoms with van der Waals surface area (Å²) in [6.45, 7) is 1.98. The van der Waals surface area contributed by atoms with Crippen LogP contribution in [0, 0.1) is 0 Å². The minimum Gasteiger partial charge on any atom is -0.461 e. The first kappa shape index (κ1) is 13.4. The largest absolute Gasteiger partial charge is 0.461 e. The first-order valence-electron chi connectivity index (χ1n) is 6.67. The molecule has 2 aromatic carbocycles. The highest BCUT2D eigenvalue weighted by molar-refractivity contribution is 9.10. The van der Waals surface area contributed by atoms with Crippen LogP contribution in [0.4, 0.5) is 0 Å². The molecule has 0 aliphatic heterocycles. The highest BCUT2D eigenvalue weighted by Gasteiger charge is 2.10. The van der Waals surface area contributed by atoms with E-state index in [2.05, 4.69) is 40.2 Å². The molecule has 1 heterocycles. The van der Waals surface area contributed by atoms with E-state index in [1.165, 1.54) is 10.8 Å². The lowest BCUT2D eigenvalue weighted by molar-refractivity contribution is 0.503. The summed E-state index contributed by atoms with van der Waals surface area (Å²) in [5, 5.41) is 2.37. The number of furan rings is 1. The van der Waals surface area contributed by atoms with Crippen molar-refractivity contribution in [3.8, 4) is 11.3 Å². The van der Waals surface area contributed by atoms with E-state index in [1.807, 2.05) is 31.2 Å². The average Bonchev–Trinajstić information content (AvgIpc) is 2.87. The second kappa shape index (κ2) is 5.43. The molecular formula is C17H16BrNO. The highest BCUT2D eigenvalue weighted by atomic mass is 79.9. The van der Waals surface area contributed by atoms with Crippen LogP contribution < -0.4 is 5.73 Å². The van der Waals surface area contributed by atoms with Crippen molar-refractivity contribution in [1.82, 2.24) is 0 Å². The monoisotopic (exact) mass is 329 g/mol. The van der Waals surface area contributed by atoms with Crippen LogP contribution in [0.15, 0.2) is 57.4 Å². The smallest absolute Gasteiger partial charge is 0.134 e. The molecule has 2 nitrogen and oxygen atoms in total. The highest BCUT2D eigenvalue weighted by Crippen LogP contribution is 2.34. The lowest BCUT2D eigenvalue weighted by atomic mass is 10.0. The topological polar surface area (TPSA) is 39.2 Å². The summed E-state index contributed by atoms with van der Waals surface area (Å²) in [7, 11) is 0. The molecule has 3 aromatic rings. The van der Waals surface area contributed by atoms with Gasteiger partial charge in [0, 0.05) is 22.5 Å². The Labute approximate surface area is 126 Å². The van der Waals surface area contributed by atoms with E-state index in [1.54, 1.807) is 0 Å². The maximum Gasteiger partial charge on any atom is 0.134 e. The van der Waals surface area contributed by atoms with E-state index in [0.29, 0.717) is 0 Å². The molecule has 0 saturated heterocycles. The Morgan fingerprint density at radius 2 is 1.80 bits per heavy atom. The molecule has 1 unspecified atom stereocenters. The Morgan fingerprint density at radius 3 is 2.55 bits per heavy atom. The Morgan fingerprint density at radius 1 is 1.05 bits per heavy atom. The van der Waals surface area contributed by atoms with E-state index in [9.17, 15) is 0 Å². The Kier molecular flexibility index (Phi) is 3.64. The van der Waals surface area contributed by atoms with Crippen LogP contribution in [-0.4, -0.2) is 6.04 Å². The third-order valence-corrected chi connectivity index (χ3v) is 4.01. The second-order valence-electron chi connectivity index (χ2n) is 5.09. The van der Waals surface area contributed by atoms with Crippen LogP contribution in [0.1, 0.15) is 12.7 Å². The fourth-order valence-corrected chi connectivity index (χ4v) is 2.90. The quantitative estimate of drug-likeness (QED) is 0.752. The van der Waals surface area contributed by atoms with Crippen molar-refractivity contribution < 1.29 is 4.42 Å². The molecular weight excluding hydrogens is 314 g/mol. The molecule has 0 fully saturated rings. The number of hydrogen-bond acceptors (Lipinski definition) is 2. The first-order valence-corrected chi connectivity index (χ1v) is 7.46. The zero-order valence-electron chi connectivity index (χ0n) is 11.3. The molecule has 0 aliphatic carbocycles. The number of rotatable bonds is 3. The Hall–Kier alpha value is -1.58. The normalized spacial score (nSPS) is 12.8. The first-order chi connectivity index (χ1) is 9.65. The minimum atomic E-state index is 0.107. The number of fused-ring (bicyclic) bond motifs is 1. The Bertz CT molecular complexity index is 746. The average molecular weight is 330 g/mol. The molecule has 3 heteroatoms. The maximum atomic E-state index is 5.93. The van der Waals surface area contributed by atoms with Gasteiger partial charge in [-0.3, -0.25) is 0 Å². The van der Waals surface area contributed by atoms with E-state index in [-0.39, 0.29) is 6.04 Å². The summed E-state index contributed by atoms with van der Waals surface area (Å²) in [5.74, 6) is 1.83. The third-order valence-electron chi connectivity index (χ3n) is 3.32. The van der Waals surface area contributed by atoms with Gasteiger partial charge in [-0.05, 0) is 42.0 Å². The van der Waals surface area contributed by atoms with Crippen molar-refractivity contribution in [2.45, 2.75) is 19.4 Å². The molecule has 0 bridgehead atoms. The van der Waals surface area contributed by atoms with Crippen molar-refractivity contribution >= 4 is 26.7 Å². The molecule has 102 valence electrons. The van der Waals surface area contributed by atoms with Crippen LogP contribution in [-0.2, 0) is 6.42 Å². The van der Waals surface area contributed by atoms with Crippen molar-refractivity contribution in [3.63, 3.8) is 0 Å². The molecule has 0 saturated carbocycles. The predicted octanol–water partition coefficient (Wildman–Crippen LogP) is 4.75. The van der Waals surface area contributed by atoms with Gasteiger partial charge in [0.25, 0.3) is 0 Å². The number of benzene rings is 2. The van der Waals surface area contributed by atoms with Crippen molar-refractivity contribution in [2.24, 2.45) is 5.73 Å². The van der Waals surface area contributed by atoms with Gasteiger partial charge in [-0.1, -0.05) is 40.2 Å². The molecule has 0 radical (unpaired) electrons. The second-order valence-corrected chi connectivity index (χ2v) is 5.94. The molecule has 3 rings (SSSR count). The van der Waals surface area contributed by atoms with Gasteiger partial charge < -0.3 is 10.2 Å². The Balaban J connectivity index is 2.10. The number of nitrogens with two attached hydrogens (primary N) is 1. The van der Waals surface area contributed by atoms with Crippen molar-refractivity contribution in [3.05, 3.63) is 58.8 Å². The summed E-state index contributed by atoms with van der Waals surface area (Å²) >= 11 is 3.59. The van der Waals surface area contributed by atoms with Gasteiger partial charge >= 0.3 is 0 Å². The van der Waals surface area contributed by atoms with Gasteiger partial charge in [0.15, 0.2) is 0 Å². The summed E-state index contributed by atoms with van der Waals surface area (Å²) in [4.78, 5) is 0. The maximum absolute atomic E-state index is 5.93. The van der Waals surface area contributed by atoms with E-state index >= 15 is 0 Å². The summed E-state index contributed by atoms with van der Waals surface area (Å²) in [6.07, 6.45) is 0.758. The zero-order valence-corrected chi connectivity index (χ0v) is 12.9. The van der Waals surface area contributed by atoms with Crippen LogP contribution >= 0.6 is 15.9 Å². The third kappa shape index (κ3) is 2.51. The molecule has 0 spiro atoms. The van der Waals surface area contributed by atoms with Gasteiger partial charge in [-0.15, -0.1) is 0 Å². The fraction of sp³-hybridized carbons (Fsp3) is 0.176. The molecule has 0 aliphatic rings. The standard InChI is InChI=1S/C17H16BrNO/c1-11(19)10-12-6-9-17(20-12)15-7-8-16(18)14-5-3-2-4-13(14)15/h2-9,11H,10,19H2,1H3. The van der Waals surface area contributed by atoms with E-state index in [4.69, 9.17) is 10.2 Å². The van der Waals surface area contributed by atoms with Gasteiger partial charge in [-0.25, -0.2) is 0 Å². The molecule has 2 N–H and O–H groups in total. The van der Waals surface area contributed by atoms with E-state index in [0.717, 1.165) is 28.0 Å². The molecule has 1 atom stereocenters. The lowest BCUT2D eigenvalue weighted by Crippen LogP contribution is -2.17. The van der Waals surface area contributed by atoms with Gasteiger partial charge in [0.1, 0.15) is 11.5 Å². The van der Waals surface area contributed by atoms with Crippen molar-refractivity contribution in [1.29, 1.82) is 0 Å². The van der Waals surface area contributed by atoms with Gasteiger partial charge in [0.05, 0.1) is 0 Å². The SMILES string of the molecule is CC(N)Cc1ccc(-c2ccc(Br)c3ccccc23)o1. The van der Waals surface area contributed by atoms with Gasteiger partial charge in [0.2, 0.25) is 0 Å². The van der Waals surface area contributed by atoms with Crippen LogP contribution in [0.3, 0.4) is 0 Å². The van der Waals surface area contributed by atoms with E-state index < -0.39 is 0 Å². The minimum absolute atomic E-state index is 0.107. The van der Waals surface area contributed by atoms with Crippen LogP contribution in [0.25, 0.3) is 22.1 Å². The molecule has 1 aromatic heterocycles. The number of halogens is 1. The van der Waals surface area contributed by atoms with Gasteiger partial charge in [-0.2, -0.15) is 0 Å². The fourth-order valence-electron chi connectivity index (χ4n) is 2.43.